The first-order valence-electron chi connectivity index (χ1n) is 12.8. The number of hydrogen-bond acceptors (Lipinski definition) is 4. The average Bonchev–Trinajstić information content (AvgIpc) is 3.04. The maximum absolute atomic E-state index is 12.9. The van der Waals surface area contributed by atoms with Gasteiger partial charge < -0.3 is 14.8 Å². The van der Waals surface area contributed by atoms with Crippen LogP contribution in [0.25, 0.3) is 11.1 Å². The predicted octanol–water partition coefficient (Wildman–Crippen LogP) is 5.89. The lowest BCUT2D eigenvalue weighted by Crippen LogP contribution is -2.53. The Morgan fingerprint density at radius 3 is 2.44 bits per heavy atom. The molecule has 1 amide bonds. The SMILES string of the molecule is Cc1cc(-c2ccc3c(c2)CC(C)(C)[C@H]3NC(=O)O[C@@H]2CN3CCC2CC3)ccc1OC(C)C. The van der Waals surface area contributed by atoms with E-state index < -0.39 is 0 Å². The zero-order valence-corrected chi connectivity index (χ0v) is 21.2. The molecule has 2 aromatic rings. The Hall–Kier alpha value is -2.53. The van der Waals surface area contributed by atoms with Crippen LogP contribution in [-0.2, 0) is 11.2 Å². The molecule has 3 aliphatic heterocycles. The summed E-state index contributed by atoms with van der Waals surface area (Å²) in [4.78, 5) is 15.3. The van der Waals surface area contributed by atoms with Crippen molar-refractivity contribution in [1.29, 1.82) is 0 Å². The summed E-state index contributed by atoms with van der Waals surface area (Å²) in [5, 5.41) is 3.23. The van der Waals surface area contributed by atoms with Gasteiger partial charge >= 0.3 is 6.09 Å². The van der Waals surface area contributed by atoms with Crippen molar-refractivity contribution in [2.75, 3.05) is 19.6 Å². The number of hydrogen-bond donors (Lipinski definition) is 1. The molecule has 3 heterocycles. The van der Waals surface area contributed by atoms with Crippen LogP contribution < -0.4 is 10.1 Å². The Labute approximate surface area is 203 Å². The van der Waals surface area contributed by atoms with Crippen molar-refractivity contribution < 1.29 is 14.3 Å². The van der Waals surface area contributed by atoms with E-state index in [9.17, 15) is 4.79 Å². The first kappa shape index (κ1) is 23.2. The van der Waals surface area contributed by atoms with Crippen LogP contribution in [0.1, 0.15) is 63.3 Å². The molecule has 2 aromatic carbocycles. The normalized spacial score (nSPS) is 26.9. The van der Waals surface area contributed by atoms with E-state index in [2.05, 4.69) is 67.4 Å². The molecule has 5 heteroatoms. The zero-order chi connectivity index (χ0) is 24.0. The number of carbonyl (C=O) groups excluding carboxylic acids is 1. The molecule has 3 fully saturated rings. The number of fused-ring (bicyclic) bond motifs is 4. The third-order valence-electron chi connectivity index (χ3n) is 7.87. The van der Waals surface area contributed by atoms with Gasteiger partial charge in [-0.25, -0.2) is 4.79 Å². The first-order valence-corrected chi connectivity index (χ1v) is 12.8. The summed E-state index contributed by atoms with van der Waals surface area (Å²) in [7, 11) is 0. The highest BCUT2D eigenvalue weighted by Gasteiger charge is 2.42. The minimum Gasteiger partial charge on any atom is -0.491 e. The molecule has 34 heavy (non-hydrogen) atoms. The Kier molecular flexibility index (Phi) is 6.09. The van der Waals surface area contributed by atoms with Crippen molar-refractivity contribution in [1.82, 2.24) is 10.2 Å². The molecule has 0 spiro atoms. The fourth-order valence-corrected chi connectivity index (χ4v) is 6.06. The molecule has 0 aromatic heterocycles. The highest BCUT2D eigenvalue weighted by molar-refractivity contribution is 5.71. The van der Waals surface area contributed by atoms with Crippen molar-refractivity contribution in [3.63, 3.8) is 0 Å². The second kappa shape index (κ2) is 8.92. The lowest BCUT2D eigenvalue weighted by atomic mass is 9.85. The molecule has 5 nitrogen and oxygen atoms in total. The molecule has 2 atom stereocenters. The second-order valence-electron chi connectivity index (χ2n) is 11.4. The number of benzene rings is 2. The summed E-state index contributed by atoms with van der Waals surface area (Å²) in [6.45, 7) is 13.8. The van der Waals surface area contributed by atoms with Crippen molar-refractivity contribution in [2.45, 2.75) is 72.1 Å². The molecule has 3 saturated heterocycles. The van der Waals surface area contributed by atoms with Gasteiger partial charge in [0.2, 0.25) is 0 Å². The minimum absolute atomic E-state index is 0.0275. The van der Waals surface area contributed by atoms with Crippen molar-refractivity contribution in [2.24, 2.45) is 11.3 Å². The van der Waals surface area contributed by atoms with Crippen LogP contribution in [0, 0.1) is 18.3 Å². The number of carbonyl (C=O) groups is 1. The summed E-state index contributed by atoms with van der Waals surface area (Å²) in [5.41, 5.74) is 5.96. The van der Waals surface area contributed by atoms with E-state index in [-0.39, 0.29) is 29.8 Å². The van der Waals surface area contributed by atoms with Gasteiger partial charge in [0.05, 0.1) is 12.1 Å². The maximum atomic E-state index is 12.9. The fourth-order valence-electron chi connectivity index (χ4n) is 6.06. The lowest BCUT2D eigenvalue weighted by molar-refractivity contribution is -0.0348. The van der Waals surface area contributed by atoms with Crippen LogP contribution in [0.5, 0.6) is 5.75 Å². The summed E-state index contributed by atoms with van der Waals surface area (Å²) >= 11 is 0. The van der Waals surface area contributed by atoms with Crippen LogP contribution in [0.15, 0.2) is 36.4 Å². The number of nitrogens with zero attached hydrogens (tertiary/aromatic N) is 1. The Morgan fingerprint density at radius 1 is 1.09 bits per heavy atom. The zero-order valence-electron chi connectivity index (χ0n) is 21.2. The topological polar surface area (TPSA) is 50.8 Å². The fraction of sp³-hybridized carbons (Fsp3) is 0.552. The third-order valence-corrected chi connectivity index (χ3v) is 7.87. The monoisotopic (exact) mass is 462 g/mol. The highest BCUT2D eigenvalue weighted by Crippen LogP contribution is 2.46. The molecule has 0 saturated carbocycles. The molecule has 0 radical (unpaired) electrons. The van der Waals surface area contributed by atoms with Gasteiger partial charge in [0.15, 0.2) is 0 Å². The van der Waals surface area contributed by atoms with E-state index in [1.165, 1.54) is 22.3 Å². The van der Waals surface area contributed by atoms with E-state index in [0.29, 0.717) is 5.92 Å². The van der Waals surface area contributed by atoms with Crippen LogP contribution in [0.2, 0.25) is 0 Å². The highest BCUT2D eigenvalue weighted by atomic mass is 16.6. The van der Waals surface area contributed by atoms with Gasteiger partial charge in [-0.2, -0.15) is 0 Å². The number of ether oxygens (including phenoxy) is 2. The molecular formula is C29H38N2O3. The smallest absolute Gasteiger partial charge is 0.407 e. The number of aryl methyl sites for hydroxylation is 1. The van der Waals surface area contributed by atoms with Gasteiger partial charge in [-0.15, -0.1) is 0 Å². The summed E-state index contributed by atoms with van der Waals surface area (Å²) in [6.07, 6.45) is 3.12. The average molecular weight is 463 g/mol. The summed E-state index contributed by atoms with van der Waals surface area (Å²) in [6, 6.07) is 13.0. The van der Waals surface area contributed by atoms with Gasteiger partial charge in [0.1, 0.15) is 11.9 Å². The number of rotatable bonds is 5. The standard InChI is InChI=1S/C29H38N2O3/c1-18(2)33-25-9-7-21(14-19(25)3)22-6-8-24-23(15-22)16-29(4,5)27(24)30-28(32)34-26-17-31-12-10-20(26)11-13-31/h6-9,14-15,18,20,26-27H,10-13,16-17H2,1-5H3,(H,30,32)/t26-,27+/m1/s1. The van der Waals surface area contributed by atoms with E-state index >= 15 is 0 Å². The van der Waals surface area contributed by atoms with Gasteiger partial charge in [-0.1, -0.05) is 38.1 Å². The predicted molar refractivity (Wildman–Crippen MR) is 135 cm³/mol. The van der Waals surface area contributed by atoms with Crippen LogP contribution in [0.3, 0.4) is 0 Å². The van der Waals surface area contributed by atoms with E-state index in [1.807, 2.05) is 13.8 Å². The molecule has 0 unspecified atom stereocenters. The van der Waals surface area contributed by atoms with Crippen LogP contribution >= 0.6 is 0 Å². The molecule has 2 bridgehead atoms. The summed E-state index contributed by atoms with van der Waals surface area (Å²) < 4.78 is 11.8. The van der Waals surface area contributed by atoms with E-state index in [1.54, 1.807) is 0 Å². The lowest BCUT2D eigenvalue weighted by Gasteiger charge is -2.44. The first-order chi connectivity index (χ1) is 16.2. The third kappa shape index (κ3) is 4.55. The van der Waals surface area contributed by atoms with Crippen LogP contribution in [0.4, 0.5) is 4.79 Å². The Balaban J connectivity index is 1.31. The Morgan fingerprint density at radius 2 is 1.79 bits per heavy atom. The molecule has 6 rings (SSSR count). The number of nitrogens with one attached hydrogen (secondary N) is 1. The number of alkyl carbamates (subject to hydrolysis) is 1. The maximum Gasteiger partial charge on any atom is 0.407 e. The van der Waals surface area contributed by atoms with Crippen molar-refractivity contribution in [3.8, 4) is 16.9 Å². The second-order valence-corrected chi connectivity index (χ2v) is 11.4. The van der Waals surface area contributed by atoms with E-state index in [4.69, 9.17) is 9.47 Å². The van der Waals surface area contributed by atoms with Crippen LogP contribution in [-0.4, -0.2) is 42.8 Å². The van der Waals surface area contributed by atoms with E-state index in [0.717, 1.165) is 50.2 Å². The summed E-state index contributed by atoms with van der Waals surface area (Å²) in [5.74, 6) is 1.45. The molecular weight excluding hydrogens is 424 g/mol. The van der Waals surface area contributed by atoms with Crippen molar-refractivity contribution in [3.05, 3.63) is 53.1 Å². The number of piperidine rings is 3. The quantitative estimate of drug-likeness (QED) is 0.602. The van der Waals surface area contributed by atoms with Crippen molar-refractivity contribution >= 4 is 6.09 Å². The largest absolute Gasteiger partial charge is 0.491 e. The Bertz CT molecular complexity index is 1070. The van der Waals surface area contributed by atoms with Gasteiger partial charge in [0.25, 0.3) is 0 Å². The molecule has 1 N–H and O–H groups in total. The van der Waals surface area contributed by atoms with Gasteiger partial charge in [-0.3, -0.25) is 4.90 Å². The minimum atomic E-state index is -0.273. The van der Waals surface area contributed by atoms with Gasteiger partial charge in [-0.05, 0) is 104 Å². The molecule has 4 aliphatic rings. The number of amides is 1. The van der Waals surface area contributed by atoms with Gasteiger partial charge in [0, 0.05) is 6.54 Å². The molecule has 182 valence electrons. The molecule has 1 aliphatic carbocycles.